The van der Waals surface area contributed by atoms with E-state index in [-0.39, 0.29) is 12.0 Å². The molecule has 0 radical (unpaired) electrons. The second kappa shape index (κ2) is 5.37. The molecule has 2 N–H and O–H groups in total. The van der Waals surface area contributed by atoms with E-state index in [2.05, 4.69) is 0 Å². The van der Waals surface area contributed by atoms with Crippen LogP contribution in [0, 0.1) is 11.6 Å². The number of benzene rings is 1. The summed E-state index contributed by atoms with van der Waals surface area (Å²) >= 11 is 0. The fraction of sp³-hybridized carbons (Fsp3) is 0.500. The first-order valence-corrected chi connectivity index (χ1v) is 5.25. The quantitative estimate of drug-likeness (QED) is 0.840. The molecule has 1 atom stereocenters. The van der Waals surface area contributed by atoms with Gasteiger partial charge in [-0.15, -0.1) is 0 Å². The molecule has 0 saturated heterocycles. The van der Waals surface area contributed by atoms with E-state index in [1.54, 1.807) is 6.92 Å². The van der Waals surface area contributed by atoms with Gasteiger partial charge in [-0.1, -0.05) is 0 Å². The van der Waals surface area contributed by atoms with Gasteiger partial charge in [-0.05, 0) is 44.0 Å². The first kappa shape index (κ1) is 13.1. The smallest absolute Gasteiger partial charge is 0.126 e. The van der Waals surface area contributed by atoms with E-state index >= 15 is 0 Å². The third-order valence-corrected chi connectivity index (χ3v) is 2.24. The van der Waals surface area contributed by atoms with Gasteiger partial charge in [0.2, 0.25) is 0 Å². The van der Waals surface area contributed by atoms with Gasteiger partial charge in [0.25, 0.3) is 0 Å². The van der Waals surface area contributed by atoms with Gasteiger partial charge in [-0.2, -0.15) is 0 Å². The van der Waals surface area contributed by atoms with Crippen LogP contribution in [0.4, 0.5) is 8.78 Å². The zero-order valence-corrected chi connectivity index (χ0v) is 9.59. The maximum atomic E-state index is 13.4. The first-order chi connectivity index (χ1) is 7.44. The summed E-state index contributed by atoms with van der Waals surface area (Å²) < 4.78 is 31.5. The summed E-state index contributed by atoms with van der Waals surface area (Å²) in [6.45, 7) is 4.49. The van der Waals surface area contributed by atoms with Crippen LogP contribution in [0.25, 0.3) is 0 Å². The predicted octanol–water partition coefficient (Wildman–Crippen LogP) is 2.26. The van der Waals surface area contributed by atoms with Crippen molar-refractivity contribution in [3.05, 3.63) is 35.4 Å². The van der Waals surface area contributed by atoms with Crippen molar-refractivity contribution < 1.29 is 13.5 Å². The number of hydrogen-bond donors (Lipinski definition) is 1. The molecule has 0 aliphatic heterocycles. The van der Waals surface area contributed by atoms with E-state index in [0.29, 0.717) is 13.2 Å². The Morgan fingerprint density at radius 1 is 1.38 bits per heavy atom. The Hall–Kier alpha value is -1.00. The molecule has 16 heavy (non-hydrogen) atoms. The van der Waals surface area contributed by atoms with Crippen molar-refractivity contribution in [3.8, 4) is 0 Å². The molecule has 0 amide bonds. The van der Waals surface area contributed by atoms with E-state index in [1.165, 1.54) is 6.07 Å². The van der Waals surface area contributed by atoms with Crippen molar-refractivity contribution in [1.82, 2.24) is 0 Å². The summed E-state index contributed by atoms with van der Waals surface area (Å²) in [4.78, 5) is 0. The number of nitrogens with two attached hydrogens (primary N) is 1. The van der Waals surface area contributed by atoms with Crippen LogP contribution >= 0.6 is 0 Å². The molecule has 4 heteroatoms. The molecule has 2 nitrogen and oxygen atoms in total. The standard InChI is InChI=1S/C12H17F2NO/c1-3-16-8-12(2,15)7-9-6-10(13)4-5-11(9)14/h4-6H,3,7-8,15H2,1-2H3. The summed E-state index contributed by atoms with van der Waals surface area (Å²) in [6, 6.07) is 3.38. The zero-order chi connectivity index (χ0) is 12.2. The first-order valence-electron chi connectivity index (χ1n) is 5.25. The zero-order valence-electron chi connectivity index (χ0n) is 9.59. The fourth-order valence-corrected chi connectivity index (χ4v) is 1.50. The molecule has 1 unspecified atom stereocenters. The number of halogens is 2. The minimum absolute atomic E-state index is 0.247. The number of hydrogen-bond acceptors (Lipinski definition) is 2. The molecule has 0 heterocycles. The van der Waals surface area contributed by atoms with E-state index in [4.69, 9.17) is 10.5 Å². The minimum Gasteiger partial charge on any atom is -0.380 e. The molecule has 0 spiro atoms. The Morgan fingerprint density at radius 2 is 2.06 bits per heavy atom. The Morgan fingerprint density at radius 3 is 2.69 bits per heavy atom. The van der Waals surface area contributed by atoms with Crippen LogP contribution in [-0.4, -0.2) is 18.8 Å². The van der Waals surface area contributed by atoms with Gasteiger partial charge in [0.05, 0.1) is 6.61 Å². The van der Waals surface area contributed by atoms with Gasteiger partial charge in [0.1, 0.15) is 11.6 Å². The highest BCUT2D eigenvalue weighted by Gasteiger charge is 2.21. The highest BCUT2D eigenvalue weighted by molar-refractivity contribution is 5.21. The van der Waals surface area contributed by atoms with E-state index in [1.807, 2.05) is 6.92 Å². The van der Waals surface area contributed by atoms with Crippen LogP contribution in [0.5, 0.6) is 0 Å². The summed E-state index contributed by atoms with van der Waals surface area (Å²) in [6.07, 6.45) is 0.247. The average Bonchev–Trinajstić information content (AvgIpc) is 2.20. The summed E-state index contributed by atoms with van der Waals surface area (Å²) in [5, 5.41) is 0. The highest BCUT2D eigenvalue weighted by atomic mass is 19.1. The van der Waals surface area contributed by atoms with Gasteiger partial charge < -0.3 is 10.5 Å². The highest BCUT2D eigenvalue weighted by Crippen LogP contribution is 2.16. The van der Waals surface area contributed by atoms with Crippen LogP contribution < -0.4 is 5.73 Å². The molecule has 0 aliphatic rings. The Kier molecular flexibility index (Phi) is 4.38. The van der Waals surface area contributed by atoms with Gasteiger partial charge >= 0.3 is 0 Å². The monoisotopic (exact) mass is 229 g/mol. The molecule has 0 saturated carbocycles. The Labute approximate surface area is 94.4 Å². The Bertz CT molecular complexity index is 353. The maximum absolute atomic E-state index is 13.4. The van der Waals surface area contributed by atoms with Gasteiger partial charge in [0.15, 0.2) is 0 Å². The van der Waals surface area contributed by atoms with Gasteiger partial charge in [-0.25, -0.2) is 8.78 Å². The van der Waals surface area contributed by atoms with Gasteiger partial charge in [-0.3, -0.25) is 0 Å². The molecule has 0 fully saturated rings. The molecule has 0 aromatic heterocycles. The molecule has 1 aromatic rings. The van der Waals surface area contributed by atoms with E-state index in [9.17, 15) is 8.78 Å². The van der Waals surface area contributed by atoms with Gasteiger partial charge in [0, 0.05) is 12.1 Å². The molecule has 0 bridgehead atoms. The molecular formula is C12H17F2NO. The van der Waals surface area contributed by atoms with E-state index < -0.39 is 17.2 Å². The molecule has 1 rings (SSSR count). The lowest BCUT2D eigenvalue weighted by atomic mass is 9.94. The SMILES string of the molecule is CCOCC(C)(N)Cc1cc(F)ccc1F. The molecular weight excluding hydrogens is 212 g/mol. The van der Waals surface area contributed by atoms with Crippen molar-refractivity contribution in [2.75, 3.05) is 13.2 Å². The second-order valence-corrected chi connectivity index (χ2v) is 4.20. The lowest BCUT2D eigenvalue weighted by molar-refractivity contribution is 0.101. The summed E-state index contributed by atoms with van der Waals surface area (Å²) in [5.41, 5.74) is 5.53. The third kappa shape index (κ3) is 3.87. The van der Waals surface area contributed by atoms with Crippen molar-refractivity contribution in [2.45, 2.75) is 25.8 Å². The number of ether oxygens (including phenoxy) is 1. The largest absolute Gasteiger partial charge is 0.380 e. The maximum Gasteiger partial charge on any atom is 0.126 e. The van der Waals surface area contributed by atoms with Crippen LogP contribution in [0.1, 0.15) is 19.4 Å². The fourth-order valence-electron chi connectivity index (χ4n) is 1.50. The van der Waals surface area contributed by atoms with Crippen molar-refractivity contribution in [1.29, 1.82) is 0 Å². The lowest BCUT2D eigenvalue weighted by Gasteiger charge is -2.24. The number of rotatable bonds is 5. The minimum atomic E-state index is -0.690. The second-order valence-electron chi connectivity index (χ2n) is 4.20. The molecule has 1 aromatic carbocycles. The van der Waals surface area contributed by atoms with Crippen LogP contribution in [-0.2, 0) is 11.2 Å². The molecule has 90 valence electrons. The summed E-state index contributed by atoms with van der Waals surface area (Å²) in [5.74, 6) is -0.891. The van der Waals surface area contributed by atoms with Crippen LogP contribution in [0.15, 0.2) is 18.2 Å². The lowest BCUT2D eigenvalue weighted by Crippen LogP contribution is -2.43. The van der Waals surface area contributed by atoms with Crippen molar-refractivity contribution in [2.24, 2.45) is 5.73 Å². The van der Waals surface area contributed by atoms with E-state index in [0.717, 1.165) is 12.1 Å². The van der Waals surface area contributed by atoms with Crippen LogP contribution in [0.2, 0.25) is 0 Å². The normalized spacial score (nSPS) is 14.8. The van der Waals surface area contributed by atoms with Crippen molar-refractivity contribution >= 4 is 0 Å². The predicted molar refractivity (Wildman–Crippen MR) is 59.1 cm³/mol. The topological polar surface area (TPSA) is 35.2 Å². The molecule has 0 aliphatic carbocycles. The van der Waals surface area contributed by atoms with Crippen molar-refractivity contribution in [3.63, 3.8) is 0 Å². The Balaban J connectivity index is 2.74. The third-order valence-electron chi connectivity index (χ3n) is 2.24. The summed E-state index contributed by atoms with van der Waals surface area (Å²) in [7, 11) is 0. The van der Waals surface area contributed by atoms with Crippen LogP contribution in [0.3, 0.4) is 0 Å². The average molecular weight is 229 g/mol.